The normalized spacial score (nSPS) is 9.85. The minimum absolute atomic E-state index is 0.0864. The third kappa shape index (κ3) is 2.98. The molecular formula is C13H6Br2N2O3. The van der Waals surface area contributed by atoms with Gasteiger partial charge in [-0.1, -0.05) is 6.07 Å². The monoisotopic (exact) mass is 396 g/mol. The molecule has 0 radical (unpaired) electrons. The lowest BCUT2D eigenvalue weighted by atomic mass is 10.2. The zero-order valence-corrected chi connectivity index (χ0v) is 13.0. The Morgan fingerprint density at radius 3 is 2.55 bits per heavy atom. The highest BCUT2D eigenvalue weighted by atomic mass is 79.9. The van der Waals surface area contributed by atoms with Crippen LogP contribution in [0.15, 0.2) is 45.3 Å². The van der Waals surface area contributed by atoms with Gasteiger partial charge in [-0.3, -0.25) is 10.1 Å². The third-order valence-electron chi connectivity index (χ3n) is 2.43. The molecule has 0 unspecified atom stereocenters. The van der Waals surface area contributed by atoms with Crippen LogP contribution in [0.1, 0.15) is 5.56 Å². The molecule has 0 saturated carbocycles. The average Bonchev–Trinajstić information content (AvgIpc) is 2.41. The van der Waals surface area contributed by atoms with Crippen LogP contribution in [0, 0.1) is 21.4 Å². The van der Waals surface area contributed by atoms with Crippen molar-refractivity contribution < 1.29 is 9.66 Å². The molecule has 100 valence electrons. The fourth-order valence-electron chi connectivity index (χ4n) is 1.50. The Morgan fingerprint density at radius 2 is 1.90 bits per heavy atom. The van der Waals surface area contributed by atoms with E-state index in [4.69, 9.17) is 10.00 Å². The summed E-state index contributed by atoms with van der Waals surface area (Å²) in [7, 11) is 0. The number of ether oxygens (including phenoxy) is 1. The van der Waals surface area contributed by atoms with Crippen LogP contribution in [0.2, 0.25) is 0 Å². The van der Waals surface area contributed by atoms with Gasteiger partial charge in [0.05, 0.1) is 15.5 Å². The van der Waals surface area contributed by atoms with E-state index in [-0.39, 0.29) is 11.4 Å². The topological polar surface area (TPSA) is 76.2 Å². The van der Waals surface area contributed by atoms with Gasteiger partial charge in [0.15, 0.2) is 0 Å². The fraction of sp³-hybridized carbons (Fsp3) is 0. The summed E-state index contributed by atoms with van der Waals surface area (Å²) >= 11 is 6.51. The van der Waals surface area contributed by atoms with Gasteiger partial charge in [0.1, 0.15) is 23.1 Å². The van der Waals surface area contributed by atoms with Crippen molar-refractivity contribution in [1.29, 1.82) is 5.26 Å². The van der Waals surface area contributed by atoms with Crippen LogP contribution in [0.25, 0.3) is 0 Å². The first-order chi connectivity index (χ1) is 9.52. The van der Waals surface area contributed by atoms with Gasteiger partial charge in [-0.15, -0.1) is 0 Å². The molecule has 5 nitrogen and oxygen atoms in total. The van der Waals surface area contributed by atoms with Crippen molar-refractivity contribution in [1.82, 2.24) is 0 Å². The Hall–Kier alpha value is -1.91. The summed E-state index contributed by atoms with van der Waals surface area (Å²) in [5.41, 5.74) is 0.239. The highest BCUT2D eigenvalue weighted by Crippen LogP contribution is 2.35. The summed E-state index contributed by atoms with van der Waals surface area (Å²) in [6.07, 6.45) is 0. The second kappa shape index (κ2) is 6.03. The largest absolute Gasteiger partial charge is 0.454 e. The van der Waals surface area contributed by atoms with E-state index in [1.54, 1.807) is 18.2 Å². The molecule has 0 aliphatic heterocycles. The molecule has 20 heavy (non-hydrogen) atoms. The predicted molar refractivity (Wildman–Crippen MR) is 79.7 cm³/mol. The highest BCUT2D eigenvalue weighted by Gasteiger charge is 2.14. The summed E-state index contributed by atoms with van der Waals surface area (Å²) in [4.78, 5) is 10.3. The first-order valence-corrected chi connectivity index (χ1v) is 6.92. The first kappa shape index (κ1) is 14.5. The first-order valence-electron chi connectivity index (χ1n) is 5.33. The number of nitrogens with zero attached hydrogens (tertiary/aromatic N) is 2. The molecule has 0 amide bonds. The second-order valence-electron chi connectivity index (χ2n) is 3.70. The Balaban J connectivity index is 2.45. The van der Waals surface area contributed by atoms with Crippen molar-refractivity contribution in [3.8, 4) is 17.6 Å². The lowest BCUT2D eigenvalue weighted by Crippen LogP contribution is -1.93. The van der Waals surface area contributed by atoms with E-state index in [2.05, 4.69) is 31.9 Å². The maximum Gasteiger partial charge on any atom is 0.273 e. The van der Waals surface area contributed by atoms with Crippen LogP contribution in [-0.4, -0.2) is 4.92 Å². The van der Waals surface area contributed by atoms with E-state index in [1.165, 1.54) is 18.2 Å². The van der Waals surface area contributed by atoms with E-state index in [0.717, 1.165) is 0 Å². The molecular weight excluding hydrogens is 392 g/mol. The molecule has 0 bridgehead atoms. The summed E-state index contributed by atoms with van der Waals surface area (Å²) in [6, 6.07) is 11.3. The molecule has 2 rings (SSSR count). The van der Waals surface area contributed by atoms with Gasteiger partial charge < -0.3 is 4.74 Å². The van der Waals surface area contributed by atoms with Crippen LogP contribution in [0.3, 0.4) is 0 Å². The Kier molecular flexibility index (Phi) is 4.37. The molecule has 0 heterocycles. The van der Waals surface area contributed by atoms with Crippen molar-refractivity contribution in [2.24, 2.45) is 0 Å². The van der Waals surface area contributed by atoms with Gasteiger partial charge in [0.25, 0.3) is 5.69 Å². The van der Waals surface area contributed by atoms with Gasteiger partial charge in [-0.2, -0.15) is 5.26 Å². The van der Waals surface area contributed by atoms with Crippen molar-refractivity contribution in [3.63, 3.8) is 0 Å². The smallest absolute Gasteiger partial charge is 0.273 e. The number of non-ortho nitro benzene ring substituents is 1. The number of halogens is 2. The molecule has 2 aromatic carbocycles. The number of nitriles is 1. The molecule has 2 aromatic rings. The Labute approximate surface area is 131 Å². The summed E-state index contributed by atoms with van der Waals surface area (Å²) in [5, 5.41) is 19.9. The number of benzene rings is 2. The number of rotatable bonds is 3. The molecule has 7 heteroatoms. The zero-order chi connectivity index (χ0) is 14.7. The van der Waals surface area contributed by atoms with Gasteiger partial charge in [0.2, 0.25) is 0 Å². The van der Waals surface area contributed by atoms with E-state index < -0.39 is 4.92 Å². The molecule has 0 spiro atoms. The molecule has 0 atom stereocenters. The van der Waals surface area contributed by atoms with E-state index in [1.807, 2.05) is 6.07 Å². The SMILES string of the molecule is N#Cc1c(Br)cccc1Oc1cc([N+](=O)[O-])ccc1Br. The number of hydrogen-bond donors (Lipinski definition) is 0. The quantitative estimate of drug-likeness (QED) is 0.551. The maximum atomic E-state index is 10.8. The minimum Gasteiger partial charge on any atom is -0.454 e. The molecule has 0 fully saturated rings. The summed E-state index contributed by atoms with van der Waals surface area (Å²) < 4.78 is 6.76. The molecule has 0 N–H and O–H groups in total. The lowest BCUT2D eigenvalue weighted by Gasteiger charge is -2.09. The van der Waals surface area contributed by atoms with Gasteiger partial charge in [0, 0.05) is 10.5 Å². The van der Waals surface area contributed by atoms with Crippen molar-refractivity contribution in [2.75, 3.05) is 0 Å². The Morgan fingerprint density at radius 1 is 1.15 bits per heavy atom. The van der Waals surface area contributed by atoms with E-state index in [0.29, 0.717) is 20.3 Å². The average molecular weight is 398 g/mol. The predicted octanol–water partition coefficient (Wildman–Crippen LogP) is 4.78. The standard InChI is InChI=1S/C13H6Br2N2O3/c14-10-2-1-3-12(9(10)7-16)20-13-6-8(17(18)19)4-5-11(13)15/h1-6H. The van der Waals surface area contributed by atoms with Crippen molar-refractivity contribution >= 4 is 37.5 Å². The minimum atomic E-state index is -0.509. The lowest BCUT2D eigenvalue weighted by molar-refractivity contribution is -0.384. The zero-order valence-electron chi connectivity index (χ0n) is 9.84. The van der Waals surface area contributed by atoms with Crippen LogP contribution in [0.5, 0.6) is 11.5 Å². The van der Waals surface area contributed by atoms with Crippen LogP contribution < -0.4 is 4.74 Å². The van der Waals surface area contributed by atoms with Gasteiger partial charge in [-0.05, 0) is 50.1 Å². The molecule has 0 aliphatic carbocycles. The summed E-state index contributed by atoms with van der Waals surface area (Å²) in [6.45, 7) is 0. The van der Waals surface area contributed by atoms with E-state index in [9.17, 15) is 10.1 Å². The number of nitro benzene ring substituents is 1. The van der Waals surface area contributed by atoms with Gasteiger partial charge >= 0.3 is 0 Å². The highest BCUT2D eigenvalue weighted by molar-refractivity contribution is 9.10. The molecule has 0 saturated heterocycles. The number of hydrogen-bond acceptors (Lipinski definition) is 4. The van der Waals surface area contributed by atoms with Crippen LogP contribution >= 0.6 is 31.9 Å². The maximum absolute atomic E-state index is 10.8. The van der Waals surface area contributed by atoms with Crippen LogP contribution in [0.4, 0.5) is 5.69 Å². The fourth-order valence-corrected chi connectivity index (χ4v) is 2.26. The van der Waals surface area contributed by atoms with Crippen molar-refractivity contribution in [2.45, 2.75) is 0 Å². The van der Waals surface area contributed by atoms with E-state index >= 15 is 0 Å². The molecule has 0 aliphatic rings. The number of nitro groups is 1. The summed E-state index contributed by atoms with van der Waals surface area (Å²) in [5.74, 6) is 0.594. The van der Waals surface area contributed by atoms with Crippen molar-refractivity contribution in [3.05, 3.63) is 61.0 Å². The second-order valence-corrected chi connectivity index (χ2v) is 5.41. The Bertz CT molecular complexity index is 726. The van der Waals surface area contributed by atoms with Crippen LogP contribution in [-0.2, 0) is 0 Å². The van der Waals surface area contributed by atoms with Gasteiger partial charge in [-0.25, -0.2) is 0 Å². The third-order valence-corrected chi connectivity index (χ3v) is 3.75. The molecule has 0 aromatic heterocycles.